The molecule has 1 N–H and O–H groups in total. The third-order valence-corrected chi connectivity index (χ3v) is 12.6. The lowest BCUT2D eigenvalue weighted by molar-refractivity contribution is 0.0703. The predicted octanol–water partition coefficient (Wildman–Crippen LogP) is 6.12. The van der Waals surface area contributed by atoms with Crippen molar-refractivity contribution in [2.24, 2.45) is 0 Å². The molecule has 50 heavy (non-hydrogen) atoms. The van der Waals surface area contributed by atoms with E-state index in [-0.39, 0.29) is 46.3 Å². The Morgan fingerprint density at radius 2 is 1.94 bits per heavy atom. The summed E-state index contributed by atoms with van der Waals surface area (Å²) in [5.74, 6) is 1.68. The molecule has 0 radical (unpaired) electrons. The maximum absolute atomic E-state index is 17.2. The highest BCUT2D eigenvalue weighted by molar-refractivity contribution is 6.03. The van der Waals surface area contributed by atoms with Gasteiger partial charge in [0.05, 0.1) is 29.2 Å². The molecule has 6 aliphatic rings. The Balaban J connectivity index is 1.16. The van der Waals surface area contributed by atoms with Crippen LogP contribution in [0.2, 0.25) is 0 Å². The molecular formula is C38H36F2N6O4. The van der Waals surface area contributed by atoms with Gasteiger partial charge in [0, 0.05) is 23.0 Å². The monoisotopic (exact) mass is 678 g/mol. The van der Waals surface area contributed by atoms with Crippen LogP contribution in [0.5, 0.6) is 11.9 Å². The third kappa shape index (κ3) is 4.04. The van der Waals surface area contributed by atoms with Gasteiger partial charge in [-0.15, -0.1) is 6.42 Å². The van der Waals surface area contributed by atoms with Gasteiger partial charge in [0.25, 0.3) is 0 Å². The highest BCUT2D eigenvalue weighted by Crippen LogP contribution is 2.59. The lowest BCUT2D eigenvalue weighted by Crippen LogP contribution is -2.64. The predicted molar refractivity (Wildman–Crippen MR) is 181 cm³/mol. The van der Waals surface area contributed by atoms with Crippen molar-refractivity contribution in [2.75, 3.05) is 24.6 Å². The van der Waals surface area contributed by atoms with Gasteiger partial charge in [0.1, 0.15) is 40.9 Å². The lowest BCUT2D eigenvalue weighted by Gasteiger charge is -2.47. The molecule has 10 nitrogen and oxygen atoms in total. The Hall–Kier alpha value is -4.76. The average molecular weight is 679 g/mol. The van der Waals surface area contributed by atoms with E-state index in [4.69, 9.17) is 30.8 Å². The van der Waals surface area contributed by atoms with E-state index >= 15 is 8.78 Å². The maximum atomic E-state index is 17.2. The summed E-state index contributed by atoms with van der Waals surface area (Å²) < 4.78 is 45.4. The van der Waals surface area contributed by atoms with Crippen LogP contribution in [-0.4, -0.2) is 91.0 Å². The summed E-state index contributed by atoms with van der Waals surface area (Å²) in [6.07, 6.45) is 12.4. The van der Waals surface area contributed by atoms with Crippen LogP contribution >= 0.6 is 0 Å². The third-order valence-electron chi connectivity index (χ3n) is 12.6. The first-order chi connectivity index (χ1) is 24.2. The summed E-state index contributed by atoms with van der Waals surface area (Å²) in [6, 6.07) is 7.16. The number of halogens is 2. The number of hydrogen-bond donors (Lipinski definition) is 1. The van der Waals surface area contributed by atoms with Crippen molar-refractivity contribution in [3.8, 4) is 35.5 Å². The molecule has 5 aliphatic heterocycles. The molecular weight excluding hydrogens is 642 g/mol. The molecule has 1 spiro atoms. The molecule has 2 bridgehead atoms. The van der Waals surface area contributed by atoms with Crippen molar-refractivity contribution in [3.05, 3.63) is 47.5 Å². The zero-order valence-electron chi connectivity index (χ0n) is 27.7. The number of terminal acetylenes is 1. The van der Waals surface area contributed by atoms with Crippen molar-refractivity contribution in [3.63, 3.8) is 0 Å². The highest BCUT2D eigenvalue weighted by atomic mass is 19.1. The summed E-state index contributed by atoms with van der Waals surface area (Å²) >= 11 is 0. The number of pyridine rings is 1. The standard InChI is InChI=1S/C38H36F2N6O4/c1-3-23-25(39)10-8-21-6-4-7-24(27(21)23)30-29(40)31-28-33(43-35(42-31)49-19-38-12-5-17-45(38)37(13-14-37)15-16-38)44-18-22-9-11-26(46(22)36(47)48)32(44)20(2)50-34(28)41-30/h1,4,6-8,10,20,22,26,32H,5,9,11-19H2,2H3,(H,47,48). The van der Waals surface area contributed by atoms with E-state index in [1.807, 2.05) is 6.92 Å². The maximum Gasteiger partial charge on any atom is 0.407 e. The van der Waals surface area contributed by atoms with Crippen molar-refractivity contribution in [2.45, 2.75) is 93.6 Å². The second-order valence-corrected chi connectivity index (χ2v) is 15.1. The van der Waals surface area contributed by atoms with E-state index in [0.717, 1.165) is 32.2 Å². The minimum Gasteiger partial charge on any atom is -0.472 e. The number of hydrogen-bond acceptors (Lipinski definition) is 8. The van der Waals surface area contributed by atoms with Crippen LogP contribution in [0.25, 0.3) is 32.9 Å². The van der Waals surface area contributed by atoms with Gasteiger partial charge in [-0.3, -0.25) is 9.80 Å². The first kappa shape index (κ1) is 30.1. The van der Waals surface area contributed by atoms with Crippen molar-refractivity contribution >= 4 is 33.6 Å². The molecule has 12 heteroatoms. The van der Waals surface area contributed by atoms with E-state index in [0.29, 0.717) is 59.1 Å². The van der Waals surface area contributed by atoms with Crippen LogP contribution in [0.3, 0.4) is 0 Å². The summed E-state index contributed by atoms with van der Waals surface area (Å²) in [7, 11) is 0. The van der Waals surface area contributed by atoms with Crippen LogP contribution in [0, 0.1) is 24.0 Å². The molecule has 1 amide bonds. The van der Waals surface area contributed by atoms with E-state index in [1.54, 1.807) is 29.2 Å². The fraction of sp³-hybridized carbons (Fsp3) is 0.474. The van der Waals surface area contributed by atoms with Gasteiger partial charge in [-0.05, 0) is 76.3 Å². The number of rotatable bonds is 4. The van der Waals surface area contributed by atoms with Gasteiger partial charge in [0.15, 0.2) is 5.82 Å². The number of piperazine rings is 1. The Bertz CT molecular complexity index is 2190. The zero-order valence-corrected chi connectivity index (χ0v) is 27.7. The molecule has 2 aromatic heterocycles. The first-order valence-electron chi connectivity index (χ1n) is 17.7. The summed E-state index contributed by atoms with van der Waals surface area (Å²) in [4.78, 5) is 33.2. The molecule has 5 fully saturated rings. The van der Waals surface area contributed by atoms with Gasteiger partial charge in [-0.1, -0.05) is 30.2 Å². The number of nitrogens with zero attached hydrogens (tertiary/aromatic N) is 6. The van der Waals surface area contributed by atoms with Crippen LogP contribution in [0.4, 0.5) is 19.4 Å². The number of carboxylic acid groups (broad SMARTS) is 1. The number of aromatic nitrogens is 3. The molecule has 10 rings (SSSR count). The van der Waals surface area contributed by atoms with E-state index in [9.17, 15) is 9.90 Å². The molecule has 5 atom stereocenters. The molecule has 1 saturated carbocycles. The smallest absolute Gasteiger partial charge is 0.407 e. The van der Waals surface area contributed by atoms with Gasteiger partial charge in [-0.2, -0.15) is 9.97 Å². The first-order valence-corrected chi connectivity index (χ1v) is 17.7. The van der Waals surface area contributed by atoms with Crippen molar-refractivity contribution in [1.82, 2.24) is 24.8 Å². The molecule has 1 aliphatic carbocycles. The van der Waals surface area contributed by atoms with Crippen molar-refractivity contribution < 1.29 is 28.2 Å². The Morgan fingerprint density at radius 3 is 2.74 bits per heavy atom. The Morgan fingerprint density at radius 1 is 1.10 bits per heavy atom. The second kappa shape index (κ2) is 10.4. The average Bonchev–Trinajstić information content (AvgIpc) is 3.58. The lowest BCUT2D eigenvalue weighted by atomic mass is 9.95. The number of amides is 1. The van der Waals surface area contributed by atoms with Gasteiger partial charge < -0.3 is 19.5 Å². The fourth-order valence-electron chi connectivity index (χ4n) is 10.3. The van der Waals surface area contributed by atoms with Crippen LogP contribution < -0.4 is 14.4 Å². The molecule has 256 valence electrons. The van der Waals surface area contributed by atoms with Crippen LogP contribution in [-0.2, 0) is 0 Å². The van der Waals surface area contributed by atoms with E-state index in [2.05, 4.69) is 15.7 Å². The second-order valence-electron chi connectivity index (χ2n) is 15.1. The van der Waals surface area contributed by atoms with E-state index in [1.165, 1.54) is 18.9 Å². The normalized spacial score (nSPS) is 28.8. The fourth-order valence-corrected chi connectivity index (χ4v) is 10.3. The summed E-state index contributed by atoms with van der Waals surface area (Å²) in [5.41, 5.74) is 0.425. The molecule has 2 aromatic carbocycles. The summed E-state index contributed by atoms with van der Waals surface area (Å²) in [5, 5.41) is 11.5. The summed E-state index contributed by atoms with van der Waals surface area (Å²) in [6.45, 7) is 3.70. The number of anilines is 1. The van der Waals surface area contributed by atoms with Crippen molar-refractivity contribution in [1.29, 1.82) is 0 Å². The number of ether oxygens (including phenoxy) is 2. The number of fused-ring (bicyclic) bond motifs is 8. The Kier molecular flexibility index (Phi) is 6.25. The van der Waals surface area contributed by atoms with Gasteiger partial charge in [-0.25, -0.2) is 18.6 Å². The largest absolute Gasteiger partial charge is 0.472 e. The quantitative estimate of drug-likeness (QED) is 0.256. The molecule has 4 aromatic rings. The topological polar surface area (TPSA) is 104 Å². The number of benzene rings is 2. The van der Waals surface area contributed by atoms with Crippen LogP contribution in [0.15, 0.2) is 30.3 Å². The minimum atomic E-state index is -0.965. The molecule has 4 saturated heterocycles. The Labute approximate surface area is 287 Å². The zero-order chi connectivity index (χ0) is 34.1. The van der Waals surface area contributed by atoms with Crippen LogP contribution in [0.1, 0.15) is 63.9 Å². The SMILES string of the molecule is C#Cc1c(F)ccc2cccc(-c3nc4c5c(nc(OCC67CCCN6C6(CC6)CC7)nc5c3F)N3CC5CCC(C3C(C)O4)N5C(=O)O)c12. The van der Waals surface area contributed by atoms with Gasteiger partial charge in [0.2, 0.25) is 5.88 Å². The van der Waals surface area contributed by atoms with E-state index < -0.39 is 29.9 Å². The molecule has 5 unspecified atom stereocenters. The number of carbonyl (C=O) groups is 1. The van der Waals surface area contributed by atoms with Gasteiger partial charge >= 0.3 is 12.1 Å². The molecule has 7 heterocycles. The minimum absolute atomic E-state index is 0.0132. The highest BCUT2D eigenvalue weighted by Gasteiger charge is 2.62.